The number of ether oxygens (including phenoxy) is 1. The third-order valence-corrected chi connectivity index (χ3v) is 3.27. The van der Waals surface area contributed by atoms with Gasteiger partial charge < -0.3 is 15.8 Å². The van der Waals surface area contributed by atoms with Crippen LogP contribution in [0.3, 0.4) is 0 Å². The lowest BCUT2D eigenvalue weighted by atomic mass is 10.3. The van der Waals surface area contributed by atoms with Crippen molar-refractivity contribution >= 4 is 34.1 Å². The number of amides is 1. The lowest BCUT2D eigenvalue weighted by molar-refractivity contribution is -0.118. The molecule has 7 nitrogen and oxygen atoms in total. The van der Waals surface area contributed by atoms with Gasteiger partial charge >= 0.3 is 5.97 Å². The van der Waals surface area contributed by atoms with E-state index in [4.69, 9.17) is 10.5 Å². The molecule has 1 amide bonds. The molecular weight excluding hydrogens is 270 g/mol. The maximum Gasteiger partial charge on any atom is 0.358 e. The van der Waals surface area contributed by atoms with Crippen LogP contribution in [0.15, 0.2) is 0 Å². The lowest BCUT2D eigenvalue weighted by Crippen LogP contribution is -2.32. The molecule has 1 rings (SSSR count). The molecule has 0 saturated carbocycles. The molecule has 0 radical (unpaired) electrons. The van der Waals surface area contributed by atoms with Crippen LogP contribution in [-0.2, 0) is 9.53 Å². The van der Waals surface area contributed by atoms with Crippen LogP contribution < -0.4 is 11.1 Å². The second-order valence-corrected chi connectivity index (χ2v) is 4.74. The molecule has 1 aromatic heterocycles. The Morgan fingerprint density at radius 3 is 2.58 bits per heavy atom. The van der Waals surface area contributed by atoms with Gasteiger partial charge in [0, 0.05) is 6.92 Å². The van der Waals surface area contributed by atoms with E-state index in [9.17, 15) is 14.4 Å². The first-order chi connectivity index (χ1) is 8.86. The predicted octanol–water partition coefficient (Wildman–Crippen LogP) is 0.808. The van der Waals surface area contributed by atoms with Crippen molar-refractivity contribution in [3.63, 3.8) is 0 Å². The Hall–Kier alpha value is -1.96. The summed E-state index contributed by atoms with van der Waals surface area (Å²) >= 11 is 0.987. The Bertz CT molecular complexity index is 512. The van der Waals surface area contributed by atoms with Crippen LogP contribution in [0, 0.1) is 0 Å². The average Bonchev–Trinajstić information content (AvgIpc) is 2.73. The standard InChI is InChI=1S/C11H15N3O4S/c1-4-18-10(17)7-8(6(3)15)19-11(14-7)13-5(2)9(12)16/h5H,4H2,1-3H3,(H2,12,16)(H,13,14). The first-order valence-electron chi connectivity index (χ1n) is 5.61. The molecule has 0 fully saturated rings. The number of esters is 1. The van der Waals surface area contributed by atoms with Crippen molar-refractivity contribution in [1.29, 1.82) is 0 Å². The van der Waals surface area contributed by atoms with Crippen molar-refractivity contribution in [2.75, 3.05) is 11.9 Å². The smallest absolute Gasteiger partial charge is 0.358 e. The number of aromatic nitrogens is 1. The summed E-state index contributed by atoms with van der Waals surface area (Å²) < 4.78 is 4.82. The zero-order chi connectivity index (χ0) is 14.6. The number of Topliss-reactive ketones (excluding diaryl/α,β-unsaturated/α-hetero) is 1. The van der Waals surface area contributed by atoms with Crippen LogP contribution in [-0.4, -0.2) is 35.3 Å². The molecular formula is C11H15N3O4S. The average molecular weight is 285 g/mol. The van der Waals surface area contributed by atoms with Crippen molar-refractivity contribution in [2.45, 2.75) is 26.8 Å². The summed E-state index contributed by atoms with van der Waals surface area (Å²) in [6.07, 6.45) is 0. The fourth-order valence-electron chi connectivity index (χ4n) is 1.21. The van der Waals surface area contributed by atoms with E-state index in [-0.39, 0.29) is 28.1 Å². The number of nitrogens with one attached hydrogen (secondary N) is 1. The van der Waals surface area contributed by atoms with Crippen LogP contribution in [0.1, 0.15) is 40.9 Å². The number of nitrogens with two attached hydrogens (primary N) is 1. The molecule has 0 aliphatic heterocycles. The highest BCUT2D eigenvalue weighted by molar-refractivity contribution is 7.17. The Morgan fingerprint density at radius 2 is 2.11 bits per heavy atom. The van der Waals surface area contributed by atoms with Crippen LogP contribution in [0.4, 0.5) is 5.13 Å². The number of anilines is 1. The maximum absolute atomic E-state index is 11.7. The van der Waals surface area contributed by atoms with E-state index in [1.165, 1.54) is 6.92 Å². The Morgan fingerprint density at radius 1 is 1.47 bits per heavy atom. The number of primary amides is 1. The second-order valence-electron chi connectivity index (χ2n) is 3.74. The number of carbonyl (C=O) groups is 3. The third kappa shape index (κ3) is 3.75. The molecule has 3 N–H and O–H groups in total. The van der Waals surface area contributed by atoms with Gasteiger partial charge in [-0.15, -0.1) is 0 Å². The van der Waals surface area contributed by atoms with Crippen molar-refractivity contribution in [1.82, 2.24) is 4.98 Å². The maximum atomic E-state index is 11.7. The Labute approximate surface area is 114 Å². The minimum absolute atomic E-state index is 0.0430. The number of hydrogen-bond acceptors (Lipinski definition) is 7. The summed E-state index contributed by atoms with van der Waals surface area (Å²) in [6, 6.07) is -0.652. The first-order valence-corrected chi connectivity index (χ1v) is 6.43. The number of rotatable bonds is 6. The molecule has 0 bridgehead atoms. The fourth-order valence-corrected chi connectivity index (χ4v) is 2.15. The van der Waals surface area contributed by atoms with Gasteiger partial charge in [0.2, 0.25) is 5.91 Å². The quantitative estimate of drug-likeness (QED) is 0.591. The number of thiazole rings is 1. The molecule has 19 heavy (non-hydrogen) atoms. The monoisotopic (exact) mass is 285 g/mol. The highest BCUT2D eigenvalue weighted by Crippen LogP contribution is 2.24. The minimum atomic E-state index is -0.663. The molecule has 1 unspecified atom stereocenters. The van der Waals surface area contributed by atoms with Crippen LogP contribution >= 0.6 is 11.3 Å². The molecule has 0 spiro atoms. The summed E-state index contributed by atoms with van der Waals surface area (Å²) in [5, 5.41) is 3.00. The van der Waals surface area contributed by atoms with Gasteiger partial charge in [0.1, 0.15) is 10.9 Å². The van der Waals surface area contributed by atoms with Gasteiger partial charge in [-0.2, -0.15) is 0 Å². The van der Waals surface area contributed by atoms with E-state index in [2.05, 4.69) is 10.3 Å². The van der Waals surface area contributed by atoms with E-state index < -0.39 is 17.9 Å². The summed E-state index contributed by atoms with van der Waals surface area (Å²) in [5.74, 6) is -1.51. The van der Waals surface area contributed by atoms with E-state index in [0.717, 1.165) is 11.3 Å². The van der Waals surface area contributed by atoms with Gasteiger partial charge in [0.15, 0.2) is 16.6 Å². The lowest BCUT2D eigenvalue weighted by Gasteiger charge is -2.07. The van der Waals surface area contributed by atoms with E-state index in [1.54, 1.807) is 13.8 Å². The normalized spacial score (nSPS) is 11.7. The van der Waals surface area contributed by atoms with Crippen molar-refractivity contribution in [3.05, 3.63) is 10.6 Å². The molecule has 0 aromatic carbocycles. The van der Waals surface area contributed by atoms with E-state index >= 15 is 0 Å². The molecule has 1 heterocycles. The first kappa shape index (κ1) is 15.1. The molecule has 1 atom stereocenters. The third-order valence-electron chi connectivity index (χ3n) is 2.18. The summed E-state index contributed by atoms with van der Waals surface area (Å²) in [4.78, 5) is 38.2. The van der Waals surface area contributed by atoms with E-state index in [1.807, 2.05) is 0 Å². The van der Waals surface area contributed by atoms with Crippen molar-refractivity contribution in [3.8, 4) is 0 Å². The Kier molecular flexibility index (Phi) is 4.99. The number of nitrogens with zero attached hydrogens (tertiary/aromatic N) is 1. The van der Waals surface area contributed by atoms with Gasteiger partial charge in [-0.05, 0) is 13.8 Å². The van der Waals surface area contributed by atoms with Crippen molar-refractivity contribution in [2.24, 2.45) is 5.73 Å². The molecule has 0 aliphatic carbocycles. The van der Waals surface area contributed by atoms with Crippen LogP contribution in [0.25, 0.3) is 0 Å². The van der Waals surface area contributed by atoms with Crippen LogP contribution in [0.2, 0.25) is 0 Å². The number of ketones is 1. The van der Waals surface area contributed by atoms with Gasteiger partial charge in [0.25, 0.3) is 0 Å². The van der Waals surface area contributed by atoms with E-state index in [0.29, 0.717) is 0 Å². The molecule has 104 valence electrons. The van der Waals surface area contributed by atoms with Gasteiger partial charge in [-0.25, -0.2) is 9.78 Å². The molecule has 0 saturated heterocycles. The zero-order valence-electron chi connectivity index (χ0n) is 10.9. The van der Waals surface area contributed by atoms with Gasteiger partial charge in [-0.1, -0.05) is 11.3 Å². The number of carbonyl (C=O) groups excluding carboxylic acids is 3. The molecule has 1 aromatic rings. The second kappa shape index (κ2) is 6.28. The van der Waals surface area contributed by atoms with Crippen LogP contribution in [0.5, 0.6) is 0 Å². The van der Waals surface area contributed by atoms with Gasteiger partial charge in [0.05, 0.1) is 6.61 Å². The summed E-state index contributed by atoms with van der Waals surface area (Å²) in [5.41, 5.74) is 5.07. The minimum Gasteiger partial charge on any atom is -0.461 e. The highest BCUT2D eigenvalue weighted by atomic mass is 32.1. The molecule has 8 heteroatoms. The number of hydrogen-bond donors (Lipinski definition) is 2. The fraction of sp³-hybridized carbons (Fsp3) is 0.455. The van der Waals surface area contributed by atoms with Crippen molar-refractivity contribution < 1.29 is 19.1 Å². The Balaban J connectivity index is 3.04. The largest absolute Gasteiger partial charge is 0.461 e. The predicted molar refractivity (Wildman–Crippen MR) is 70.4 cm³/mol. The summed E-state index contributed by atoms with van der Waals surface area (Å²) in [7, 11) is 0. The van der Waals surface area contributed by atoms with Gasteiger partial charge in [-0.3, -0.25) is 9.59 Å². The highest BCUT2D eigenvalue weighted by Gasteiger charge is 2.23. The summed E-state index contributed by atoms with van der Waals surface area (Å²) in [6.45, 7) is 4.74. The molecule has 0 aliphatic rings. The zero-order valence-corrected chi connectivity index (χ0v) is 11.7. The SMILES string of the molecule is CCOC(=O)c1nc(NC(C)C(N)=O)sc1C(C)=O. The topological polar surface area (TPSA) is 111 Å².